The number of H-pyrrole nitrogens is 1. The quantitative estimate of drug-likeness (QED) is 0.161. The predicted molar refractivity (Wildman–Crippen MR) is 222 cm³/mol. The maximum atomic E-state index is 14.4. The van der Waals surface area contributed by atoms with Crippen molar-refractivity contribution < 1.29 is 19.5 Å². The van der Waals surface area contributed by atoms with Gasteiger partial charge in [-0.3, -0.25) is 29.1 Å². The molecule has 0 radical (unpaired) electrons. The number of Topliss-reactive ketones (excluding diaryl/α,β-unsaturated/α-hetero) is 1. The van der Waals surface area contributed by atoms with Crippen LogP contribution in [0.15, 0.2) is 131 Å². The summed E-state index contributed by atoms with van der Waals surface area (Å²) in [6, 6.07) is 36.9. The largest absolute Gasteiger partial charge is 0.494 e. The number of imide groups is 1. The molecule has 11 rings (SSSR count). The van der Waals surface area contributed by atoms with Crippen molar-refractivity contribution in [3.05, 3.63) is 160 Å². The minimum atomic E-state index is -1.11. The molecule has 7 aromatic rings. The highest BCUT2D eigenvalue weighted by Crippen LogP contribution is 2.56. The molecule has 58 heavy (non-hydrogen) atoms. The fourth-order valence-corrected chi connectivity index (χ4v) is 9.46. The first-order valence-corrected chi connectivity index (χ1v) is 19.5. The summed E-state index contributed by atoms with van der Waals surface area (Å²) in [6.07, 6.45) is 0.873. The molecule has 1 spiro atoms. The molecule has 0 bridgehead atoms. The van der Waals surface area contributed by atoms with E-state index in [9.17, 15) is 24.3 Å². The monoisotopic (exact) mass is 766 g/mol. The van der Waals surface area contributed by atoms with Crippen LogP contribution in [0.4, 0.5) is 11.4 Å². The zero-order valence-electron chi connectivity index (χ0n) is 31.9. The minimum absolute atomic E-state index is 0.0221. The van der Waals surface area contributed by atoms with E-state index in [4.69, 9.17) is 4.98 Å². The summed E-state index contributed by atoms with van der Waals surface area (Å²) in [6.45, 7) is 6.19. The standard InChI is InChI=1S/C31H28N4O3.C16H10N2O2/c1-4-18-13-15-19(16-14-18)34-28(37)24-25(29(34)38)31(33-26(24)17(2)3)21-10-6-8-12-23(21)35-27(36)20-9-5-7-11-22(20)32-30(31)35;19-15-10-6-2-4-8-12(10)17-14(15)13-9-5-1-3-7-11(9)18-16(13)20/h5-17,24-26,33H,4H2,1-3H3;1-8,18,20H/t24-,25-,26?,31?;/m1./s1. The molecule has 4 aliphatic rings. The van der Waals surface area contributed by atoms with Crippen LogP contribution in [0.1, 0.15) is 53.6 Å². The molecule has 2 aromatic heterocycles. The van der Waals surface area contributed by atoms with E-state index in [1.807, 2.05) is 103 Å². The van der Waals surface area contributed by atoms with Crippen LogP contribution >= 0.6 is 0 Å². The van der Waals surface area contributed by atoms with Gasteiger partial charge >= 0.3 is 0 Å². The number of aryl methyl sites for hydroxylation is 1. The van der Waals surface area contributed by atoms with Gasteiger partial charge in [0.25, 0.3) is 5.56 Å². The van der Waals surface area contributed by atoms with E-state index in [1.54, 1.807) is 22.8 Å². The lowest BCUT2D eigenvalue weighted by atomic mass is 9.75. The number of anilines is 1. The highest BCUT2D eigenvalue weighted by Gasteiger charge is 2.70. The highest BCUT2D eigenvalue weighted by atomic mass is 16.3. The number of benzene rings is 5. The van der Waals surface area contributed by atoms with Crippen molar-refractivity contribution >= 4 is 56.5 Å². The average molecular weight is 767 g/mol. The Balaban J connectivity index is 0.000000171. The van der Waals surface area contributed by atoms with Gasteiger partial charge in [-0.25, -0.2) is 14.9 Å². The Kier molecular flexibility index (Phi) is 7.96. The zero-order valence-corrected chi connectivity index (χ0v) is 31.9. The number of para-hydroxylation sites is 4. The van der Waals surface area contributed by atoms with Crippen molar-refractivity contribution in [1.82, 2.24) is 19.9 Å². The Morgan fingerprint density at radius 2 is 1.48 bits per heavy atom. The van der Waals surface area contributed by atoms with E-state index in [1.165, 1.54) is 4.90 Å². The molecule has 0 saturated carbocycles. The Morgan fingerprint density at radius 1 is 0.793 bits per heavy atom. The number of nitrogens with one attached hydrogen (secondary N) is 2. The molecule has 11 heteroatoms. The number of ketones is 1. The van der Waals surface area contributed by atoms with Crippen molar-refractivity contribution in [1.29, 1.82) is 0 Å². The topological polar surface area (TPSA) is 150 Å². The van der Waals surface area contributed by atoms with Gasteiger partial charge in [0.15, 0.2) is 5.88 Å². The molecule has 2 unspecified atom stereocenters. The SMILES string of the molecule is CCc1ccc(N2C(=O)[C@H]3C(C(C)C)NC4(c5ccccc5-n5c4nc4ccccc4c5=O)[C@H]3C2=O)cc1.O=C1C(c2c(O)[nH]c3ccccc23)=Nc2ccccc21. The summed E-state index contributed by atoms with van der Waals surface area (Å²) >= 11 is 0. The summed E-state index contributed by atoms with van der Waals surface area (Å²) in [5.74, 6) is -1.42. The third-order valence-electron chi connectivity index (χ3n) is 12.1. The summed E-state index contributed by atoms with van der Waals surface area (Å²) in [5, 5.41) is 15.1. The number of carbonyl (C=O) groups excluding carboxylic acids is 3. The van der Waals surface area contributed by atoms with Gasteiger partial charge in [0.2, 0.25) is 17.6 Å². The first-order chi connectivity index (χ1) is 28.1. The van der Waals surface area contributed by atoms with Crippen molar-refractivity contribution in [3.63, 3.8) is 0 Å². The van der Waals surface area contributed by atoms with Crippen molar-refractivity contribution in [3.8, 4) is 11.6 Å². The van der Waals surface area contributed by atoms with Crippen LogP contribution < -0.4 is 15.8 Å². The molecule has 4 aliphatic heterocycles. The number of aliphatic imine (C=N–C) groups is 1. The van der Waals surface area contributed by atoms with Crippen LogP contribution in [0, 0.1) is 17.8 Å². The van der Waals surface area contributed by atoms with Gasteiger partial charge in [0, 0.05) is 28.1 Å². The molecule has 2 amide bonds. The third kappa shape index (κ3) is 4.89. The lowest BCUT2D eigenvalue weighted by Gasteiger charge is -2.32. The number of aromatic amines is 1. The van der Waals surface area contributed by atoms with Crippen LogP contribution in [0.25, 0.3) is 27.5 Å². The lowest BCUT2D eigenvalue weighted by molar-refractivity contribution is -0.123. The number of aromatic hydroxyl groups is 1. The number of hydrogen-bond acceptors (Lipinski definition) is 8. The van der Waals surface area contributed by atoms with Crippen LogP contribution in [-0.4, -0.2) is 49.0 Å². The zero-order chi connectivity index (χ0) is 40.0. The molecule has 0 aliphatic carbocycles. The van der Waals surface area contributed by atoms with Crippen LogP contribution in [0.3, 0.4) is 0 Å². The van der Waals surface area contributed by atoms with Gasteiger partial charge in [0.05, 0.1) is 45.4 Å². The normalized spacial score (nSPS) is 21.4. The number of aromatic nitrogens is 3. The molecule has 11 nitrogen and oxygen atoms in total. The van der Waals surface area contributed by atoms with Crippen LogP contribution in [-0.2, 0) is 21.5 Å². The Hall–Kier alpha value is -6.98. The molecule has 5 aromatic carbocycles. The van der Waals surface area contributed by atoms with E-state index in [2.05, 4.69) is 36.1 Å². The summed E-state index contributed by atoms with van der Waals surface area (Å²) in [5.41, 5.74) is 5.30. The second kappa shape index (κ2) is 13.0. The second-order valence-electron chi connectivity index (χ2n) is 15.6. The van der Waals surface area contributed by atoms with E-state index >= 15 is 0 Å². The lowest BCUT2D eigenvalue weighted by Crippen LogP contribution is -2.51. The molecule has 286 valence electrons. The molecular formula is C47H38N6O5. The Morgan fingerprint density at radius 3 is 2.24 bits per heavy atom. The maximum absolute atomic E-state index is 14.4. The van der Waals surface area contributed by atoms with E-state index in [-0.39, 0.29) is 41.0 Å². The summed E-state index contributed by atoms with van der Waals surface area (Å²) in [7, 11) is 0. The highest BCUT2D eigenvalue weighted by molar-refractivity contribution is 6.56. The number of amides is 2. The van der Waals surface area contributed by atoms with Crippen molar-refractivity contribution in [2.45, 2.75) is 38.8 Å². The van der Waals surface area contributed by atoms with E-state index in [0.717, 1.165) is 28.5 Å². The average Bonchev–Trinajstić information content (AvgIpc) is 4.01. The first-order valence-electron chi connectivity index (χ1n) is 19.5. The molecule has 2 saturated heterocycles. The predicted octanol–water partition coefficient (Wildman–Crippen LogP) is 7.13. The number of carbonyl (C=O) groups is 3. The number of hydrogen-bond donors (Lipinski definition) is 3. The van der Waals surface area contributed by atoms with E-state index in [0.29, 0.717) is 50.6 Å². The van der Waals surface area contributed by atoms with Gasteiger partial charge in [-0.15, -0.1) is 0 Å². The Labute approximate surface area is 332 Å². The first kappa shape index (κ1) is 35.4. The third-order valence-corrected chi connectivity index (χ3v) is 12.1. The van der Waals surface area contributed by atoms with Gasteiger partial charge in [-0.1, -0.05) is 93.6 Å². The molecular weight excluding hydrogens is 729 g/mol. The van der Waals surface area contributed by atoms with Crippen molar-refractivity contribution in [2.75, 3.05) is 4.90 Å². The smallest absolute Gasteiger partial charge is 0.266 e. The van der Waals surface area contributed by atoms with Crippen LogP contribution in [0.5, 0.6) is 5.88 Å². The second-order valence-corrected chi connectivity index (χ2v) is 15.6. The van der Waals surface area contributed by atoms with Gasteiger partial charge in [-0.05, 0) is 66.4 Å². The molecule has 4 atom stereocenters. The fourth-order valence-electron chi connectivity index (χ4n) is 9.46. The van der Waals surface area contributed by atoms with Gasteiger partial charge < -0.3 is 10.1 Å². The van der Waals surface area contributed by atoms with Gasteiger partial charge in [-0.2, -0.15) is 0 Å². The summed E-state index contributed by atoms with van der Waals surface area (Å²) in [4.78, 5) is 68.4. The minimum Gasteiger partial charge on any atom is -0.494 e. The van der Waals surface area contributed by atoms with Crippen molar-refractivity contribution in [2.24, 2.45) is 22.7 Å². The number of nitrogens with zero attached hydrogens (tertiary/aromatic N) is 4. The number of rotatable bonds is 4. The Bertz CT molecular complexity index is 2980. The number of fused-ring (bicyclic) bond motifs is 10. The molecule has 3 N–H and O–H groups in total. The fraction of sp³-hybridized carbons (Fsp3) is 0.191. The van der Waals surface area contributed by atoms with Crippen LogP contribution in [0.2, 0.25) is 0 Å². The molecule has 2 fully saturated rings. The van der Waals surface area contributed by atoms with E-state index < -0.39 is 17.4 Å². The maximum Gasteiger partial charge on any atom is 0.266 e. The van der Waals surface area contributed by atoms with Gasteiger partial charge in [0.1, 0.15) is 17.1 Å². The summed E-state index contributed by atoms with van der Waals surface area (Å²) < 4.78 is 1.64. The molecule has 6 heterocycles.